The van der Waals surface area contributed by atoms with Gasteiger partial charge in [0, 0.05) is 6.04 Å². The van der Waals surface area contributed by atoms with Crippen LogP contribution in [0.3, 0.4) is 0 Å². The maximum absolute atomic E-state index is 12.3. The molecular formula is C15H24N2O4S. The SMILES string of the molecule is COc1ccc(S(N)(=O)=O)cc1C(=O)NC(C)CCC(C)C. The van der Waals surface area contributed by atoms with Crippen LogP contribution < -0.4 is 15.2 Å². The molecule has 0 saturated carbocycles. The van der Waals surface area contributed by atoms with E-state index >= 15 is 0 Å². The minimum Gasteiger partial charge on any atom is -0.496 e. The second kappa shape index (κ2) is 7.60. The Kier molecular flexibility index (Phi) is 6.37. The predicted molar refractivity (Wildman–Crippen MR) is 85.4 cm³/mol. The van der Waals surface area contributed by atoms with E-state index in [1.54, 1.807) is 0 Å². The maximum atomic E-state index is 12.3. The van der Waals surface area contributed by atoms with Gasteiger partial charge in [0.2, 0.25) is 10.0 Å². The molecule has 0 aromatic heterocycles. The molecule has 7 heteroatoms. The van der Waals surface area contributed by atoms with Crippen molar-refractivity contribution >= 4 is 15.9 Å². The molecule has 0 bridgehead atoms. The summed E-state index contributed by atoms with van der Waals surface area (Å²) in [7, 11) is -2.45. The van der Waals surface area contributed by atoms with Gasteiger partial charge in [0.15, 0.2) is 0 Å². The Morgan fingerprint density at radius 2 is 1.91 bits per heavy atom. The van der Waals surface area contributed by atoms with Crippen molar-refractivity contribution in [1.82, 2.24) is 5.32 Å². The molecule has 0 aliphatic rings. The second-order valence-electron chi connectivity index (χ2n) is 5.75. The molecule has 0 saturated heterocycles. The van der Waals surface area contributed by atoms with Gasteiger partial charge in [0.25, 0.3) is 5.91 Å². The Morgan fingerprint density at radius 1 is 1.27 bits per heavy atom. The number of carbonyl (C=O) groups is 1. The molecule has 0 heterocycles. The van der Waals surface area contributed by atoms with E-state index in [2.05, 4.69) is 19.2 Å². The number of rotatable bonds is 7. The van der Waals surface area contributed by atoms with Crippen molar-refractivity contribution in [3.8, 4) is 5.75 Å². The summed E-state index contributed by atoms with van der Waals surface area (Å²) in [5.74, 6) is 0.485. The number of amides is 1. The largest absolute Gasteiger partial charge is 0.496 e. The van der Waals surface area contributed by atoms with E-state index in [0.29, 0.717) is 11.7 Å². The highest BCUT2D eigenvalue weighted by atomic mass is 32.2. The quantitative estimate of drug-likeness (QED) is 0.798. The van der Waals surface area contributed by atoms with E-state index in [0.717, 1.165) is 12.8 Å². The topological polar surface area (TPSA) is 98.5 Å². The minimum atomic E-state index is -3.87. The molecule has 1 atom stereocenters. The molecule has 1 unspecified atom stereocenters. The molecule has 3 N–H and O–H groups in total. The zero-order valence-electron chi connectivity index (χ0n) is 13.4. The highest BCUT2D eigenvalue weighted by Gasteiger charge is 2.18. The zero-order chi connectivity index (χ0) is 16.9. The molecule has 0 aliphatic heterocycles. The van der Waals surface area contributed by atoms with Gasteiger partial charge >= 0.3 is 0 Å². The van der Waals surface area contributed by atoms with Gasteiger partial charge in [0.05, 0.1) is 17.6 Å². The second-order valence-corrected chi connectivity index (χ2v) is 7.31. The molecule has 1 aromatic carbocycles. The third-order valence-electron chi connectivity index (χ3n) is 3.30. The highest BCUT2D eigenvalue weighted by molar-refractivity contribution is 7.89. The van der Waals surface area contributed by atoms with E-state index in [1.807, 2.05) is 6.92 Å². The van der Waals surface area contributed by atoms with E-state index in [1.165, 1.54) is 25.3 Å². The average Bonchev–Trinajstić information content (AvgIpc) is 2.43. The number of primary sulfonamides is 1. The highest BCUT2D eigenvalue weighted by Crippen LogP contribution is 2.22. The molecule has 1 amide bonds. The third-order valence-corrected chi connectivity index (χ3v) is 4.21. The van der Waals surface area contributed by atoms with Crippen molar-refractivity contribution in [2.45, 2.75) is 44.6 Å². The van der Waals surface area contributed by atoms with E-state index in [4.69, 9.17) is 9.88 Å². The van der Waals surface area contributed by atoms with Crippen LogP contribution in [0.15, 0.2) is 23.1 Å². The summed E-state index contributed by atoms with van der Waals surface area (Å²) in [4.78, 5) is 12.2. The number of hydrogen-bond acceptors (Lipinski definition) is 4. The van der Waals surface area contributed by atoms with E-state index in [9.17, 15) is 13.2 Å². The van der Waals surface area contributed by atoms with Crippen LogP contribution in [0.2, 0.25) is 0 Å². The van der Waals surface area contributed by atoms with Gasteiger partial charge in [-0.1, -0.05) is 13.8 Å². The van der Waals surface area contributed by atoms with E-state index < -0.39 is 10.0 Å². The first-order valence-electron chi connectivity index (χ1n) is 7.16. The summed E-state index contributed by atoms with van der Waals surface area (Å²) in [6.45, 7) is 6.15. The summed E-state index contributed by atoms with van der Waals surface area (Å²) >= 11 is 0. The fourth-order valence-electron chi connectivity index (χ4n) is 2.00. The van der Waals surface area contributed by atoms with Crippen LogP contribution in [0.5, 0.6) is 5.75 Å². The van der Waals surface area contributed by atoms with Gasteiger partial charge in [-0.25, -0.2) is 13.6 Å². The van der Waals surface area contributed by atoms with Gasteiger partial charge < -0.3 is 10.1 Å². The lowest BCUT2D eigenvalue weighted by molar-refractivity contribution is 0.0934. The van der Waals surface area contributed by atoms with Crippen LogP contribution in [-0.4, -0.2) is 27.5 Å². The Hall–Kier alpha value is -1.60. The van der Waals surface area contributed by atoms with Crippen LogP contribution in [0, 0.1) is 5.92 Å². The van der Waals surface area contributed by atoms with Crippen molar-refractivity contribution in [2.75, 3.05) is 7.11 Å². The summed E-state index contributed by atoms with van der Waals surface area (Å²) in [6.07, 6.45) is 1.84. The zero-order valence-corrected chi connectivity index (χ0v) is 14.2. The molecule has 0 spiro atoms. The lowest BCUT2D eigenvalue weighted by Crippen LogP contribution is -2.33. The number of sulfonamides is 1. The normalized spacial score (nSPS) is 13.0. The summed E-state index contributed by atoms with van der Waals surface area (Å²) in [5, 5.41) is 7.95. The van der Waals surface area contributed by atoms with Crippen molar-refractivity contribution < 1.29 is 17.9 Å². The molecule has 0 fully saturated rings. The molecule has 22 heavy (non-hydrogen) atoms. The number of benzene rings is 1. The first-order chi connectivity index (χ1) is 10.1. The van der Waals surface area contributed by atoms with Crippen LogP contribution in [0.4, 0.5) is 0 Å². The average molecular weight is 328 g/mol. The third kappa shape index (κ3) is 5.31. The van der Waals surface area contributed by atoms with Gasteiger partial charge in [0.1, 0.15) is 5.75 Å². The number of hydrogen-bond donors (Lipinski definition) is 2. The number of carbonyl (C=O) groups excluding carboxylic acids is 1. The van der Waals surface area contributed by atoms with Gasteiger partial charge in [-0.2, -0.15) is 0 Å². The lowest BCUT2D eigenvalue weighted by atomic mass is 10.0. The standard InChI is InChI=1S/C15H24N2O4S/c1-10(2)5-6-11(3)17-15(18)13-9-12(22(16,19)20)7-8-14(13)21-4/h7-11H,5-6H2,1-4H3,(H,17,18)(H2,16,19,20). The number of methoxy groups -OCH3 is 1. The van der Waals surface area contributed by atoms with Crippen LogP contribution in [-0.2, 0) is 10.0 Å². The smallest absolute Gasteiger partial charge is 0.255 e. The molecule has 124 valence electrons. The Labute approximate surface area is 132 Å². The minimum absolute atomic E-state index is 0.0160. The summed E-state index contributed by atoms with van der Waals surface area (Å²) in [5.41, 5.74) is 0.158. The van der Waals surface area contributed by atoms with Crippen molar-refractivity contribution in [3.63, 3.8) is 0 Å². The summed E-state index contributed by atoms with van der Waals surface area (Å²) < 4.78 is 27.9. The fraction of sp³-hybridized carbons (Fsp3) is 0.533. The number of nitrogens with two attached hydrogens (primary N) is 1. The summed E-state index contributed by atoms with van der Waals surface area (Å²) in [6, 6.07) is 3.96. The molecular weight excluding hydrogens is 304 g/mol. The first kappa shape index (κ1) is 18.4. The fourth-order valence-corrected chi connectivity index (χ4v) is 2.54. The monoisotopic (exact) mass is 328 g/mol. The molecule has 1 aromatic rings. The van der Waals surface area contributed by atoms with Crippen molar-refractivity contribution in [3.05, 3.63) is 23.8 Å². The van der Waals surface area contributed by atoms with Crippen LogP contribution >= 0.6 is 0 Å². The Morgan fingerprint density at radius 3 is 2.41 bits per heavy atom. The Balaban J connectivity index is 2.96. The number of nitrogens with one attached hydrogen (secondary N) is 1. The van der Waals surface area contributed by atoms with Crippen LogP contribution in [0.1, 0.15) is 44.0 Å². The first-order valence-corrected chi connectivity index (χ1v) is 8.71. The Bertz CT molecular complexity index is 626. The maximum Gasteiger partial charge on any atom is 0.255 e. The predicted octanol–water partition coefficient (Wildman–Crippen LogP) is 1.90. The molecule has 0 aliphatic carbocycles. The van der Waals surface area contributed by atoms with Crippen LogP contribution in [0.25, 0.3) is 0 Å². The molecule has 1 rings (SSSR count). The molecule has 6 nitrogen and oxygen atoms in total. The van der Waals surface area contributed by atoms with Gasteiger partial charge in [-0.15, -0.1) is 0 Å². The number of ether oxygens (including phenoxy) is 1. The van der Waals surface area contributed by atoms with Gasteiger partial charge in [-0.05, 0) is 43.9 Å². The van der Waals surface area contributed by atoms with Crippen molar-refractivity contribution in [1.29, 1.82) is 0 Å². The van der Waals surface area contributed by atoms with Crippen molar-refractivity contribution in [2.24, 2.45) is 11.1 Å². The van der Waals surface area contributed by atoms with E-state index in [-0.39, 0.29) is 22.4 Å². The molecule has 0 radical (unpaired) electrons. The lowest BCUT2D eigenvalue weighted by Gasteiger charge is -2.16. The van der Waals surface area contributed by atoms with Gasteiger partial charge in [-0.3, -0.25) is 4.79 Å².